The first kappa shape index (κ1) is 33.0. The number of pyridine rings is 1. The van der Waals surface area contributed by atoms with E-state index in [0.29, 0.717) is 47.3 Å². The molecule has 12 heteroatoms. The van der Waals surface area contributed by atoms with Gasteiger partial charge in [-0.3, -0.25) is 4.79 Å². The Morgan fingerprint density at radius 1 is 1.02 bits per heavy atom. The van der Waals surface area contributed by atoms with Crippen LogP contribution in [0.15, 0.2) is 47.8 Å². The largest absolute Gasteiger partial charge is 0.355 e. The molecular weight excluding hydrogens is 607 g/mol. The fourth-order valence-corrected chi connectivity index (χ4v) is 6.18. The smallest absolute Gasteiger partial charge is 0.349 e. The summed E-state index contributed by atoms with van der Waals surface area (Å²) in [6.07, 6.45) is 1.31. The number of fused-ring (bicyclic) bond motifs is 1. The van der Waals surface area contributed by atoms with Crippen LogP contribution in [0.25, 0.3) is 28.0 Å². The molecule has 1 fully saturated rings. The minimum absolute atomic E-state index is 0.0921. The van der Waals surface area contributed by atoms with Crippen LogP contribution in [0.5, 0.6) is 0 Å². The monoisotopic (exact) mass is 646 g/mol. The molecule has 4 aromatic rings. The molecule has 1 saturated heterocycles. The Balaban J connectivity index is 1.88. The van der Waals surface area contributed by atoms with Crippen molar-refractivity contribution in [1.29, 1.82) is 0 Å². The van der Waals surface area contributed by atoms with E-state index in [1.165, 1.54) is 16.7 Å². The van der Waals surface area contributed by atoms with Gasteiger partial charge in [0.05, 0.1) is 33.2 Å². The van der Waals surface area contributed by atoms with Gasteiger partial charge in [-0.25, -0.2) is 28.7 Å². The summed E-state index contributed by atoms with van der Waals surface area (Å²) >= 11 is 6.87. The molecule has 0 N–H and O–H groups in total. The standard InChI is InChI=1S/C34H40ClFN8O2/c1-10-26(45)42-16-21(7)43(17-20(42)6)31-23-15-24(35)29(22-13-11-12-14-25(22)36)37-32(23)44(34(46)40-31)30-27(18(2)3)38-33(41(8)9)39-28(30)19(4)5/h10-15,18-21H,1,16-17H2,2-9H3/t20-,21+/m1/s1. The zero-order chi connectivity index (χ0) is 33.6. The number of nitrogens with zero attached hydrogens (tertiary/aromatic N) is 8. The molecule has 2 atom stereocenters. The number of hydrogen-bond donors (Lipinski definition) is 0. The highest BCUT2D eigenvalue weighted by Gasteiger charge is 2.34. The predicted octanol–water partition coefficient (Wildman–Crippen LogP) is 5.95. The maximum atomic E-state index is 15.2. The molecule has 1 aliphatic heterocycles. The van der Waals surface area contributed by atoms with E-state index in [-0.39, 0.29) is 51.8 Å². The second-order valence-electron chi connectivity index (χ2n) is 12.6. The molecule has 1 aromatic carbocycles. The van der Waals surface area contributed by atoms with Crippen LogP contribution >= 0.6 is 11.6 Å². The average molecular weight is 647 g/mol. The third-order valence-electron chi connectivity index (χ3n) is 8.29. The molecule has 1 amide bonds. The zero-order valence-electron chi connectivity index (χ0n) is 27.5. The highest BCUT2D eigenvalue weighted by molar-refractivity contribution is 6.33. The molecule has 46 heavy (non-hydrogen) atoms. The number of piperazine rings is 1. The second-order valence-corrected chi connectivity index (χ2v) is 13.0. The van der Waals surface area contributed by atoms with Gasteiger partial charge in [0.2, 0.25) is 11.9 Å². The van der Waals surface area contributed by atoms with Crippen molar-refractivity contribution in [3.8, 4) is 16.9 Å². The summed E-state index contributed by atoms with van der Waals surface area (Å²) in [5.74, 6) is 0.0788. The first-order valence-electron chi connectivity index (χ1n) is 15.4. The van der Waals surface area contributed by atoms with Crippen molar-refractivity contribution in [3.05, 3.63) is 75.7 Å². The molecule has 4 heterocycles. The normalized spacial score (nSPS) is 16.9. The topological polar surface area (TPSA) is 100 Å². The van der Waals surface area contributed by atoms with E-state index in [0.717, 1.165) is 0 Å². The van der Waals surface area contributed by atoms with Crippen LogP contribution in [0.3, 0.4) is 0 Å². The molecule has 5 rings (SSSR count). The number of anilines is 2. The van der Waals surface area contributed by atoms with Crippen molar-refractivity contribution in [2.45, 2.75) is 65.5 Å². The number of benzene rings is 1. The Morgan fingerprint density at radius 3 is 2.22 bits per heavy atom. The number of aromatic nitrogens is 5. The Kier molecular flexibility index (Phi) is 9.17. The molecule has 0 aliphatic carbocycles. The Labute approximate surface area is 273 Å². The van der Waals surface area contributed by atoms with E-state index < -0.39 is 11.5 Å². The van der Waals surface area contributed by atoms with Gasteiger partial charge in [-0.1, -0.05) is 58.0 Å². The first-order valence-corrected chi connectivity index (χ1v) is 15.8. The van der Waals surface area contributed by atoms with Crippen molar-refractivity contribution in [1.82, 2.24) is 29.4 Å². The summed E-state index contributed by atoms with van der Waals surface area (Å²) in [7, 11) is 3.74. The quantitative estimate of drug-likeness (QED) is 0.227. The Morgan fingerprint density at radius 2 is 1.65 bits per heavy atom. The summed E-state index contributed by atoms with van der Waals surface area (Å²) in [5, 5.41) is 0.715. The lowest BCUT2D eigenvalue weighted by Gasteiger charge is -2.44. The fourth-order valence-electron chi connectivity index (χ4n) is 5.93. The molecule has 3 aromatic heterocycles. The first-order chi connectivity index (χ1) is 21.7. The van der Waals surface area contributed by atoms with Crippen molar-refractivity contribution in [3.63, 3.8) is 0 Å². The van der Waals surface area contributed by atoms with Crippen LogP contribution < -0.4 is 15.5 Å². The van der Waals surface area contributed by atoms with Crippen molar-refractivity contribution < 1.29 is 9.18 Å². The van der Waals surface area contributed by atoms with E-state index in [1.54, 1.807) is 29.2 Å². The van der Waals surface area contributed by atoms with Crippen molar-refractivity contribution in [2.75, 3.05) is 37.0 Å². The molecule has 0 unspecified atom stereocenters. The van der Waals surface area contributed by atoms with Gasteiger partial charge >= 0.3 is 5.69 Å². The average Bonchev–Trinajstić information content (AvgIpc) is 3.01. The van der Waals surface area contributed by atoms with Gasteiger partial charge in [0.25, 0.3) is 0 Å². The van der Waals surface area contributed by atoms with E-state index in [4.69, 9.17) is 26.6 Å². The van der Waals surface area contributed by atoms with Crippen molar-refractivity contribution in [2.24, 2.45) is 0 Å². The van der Waals surface area contributed by atoms with Crippen LogP contribution in [-0.4, -0.2) is 74.6 Å². The van der Waals surface area contributed by atoms with Gasteiger partial charge in [0, 0.05) is 44.8 Å². The maximum Gasteiger partial charge on any atom is 0.355 e. The number of rotatable bonds is 7. The summed E-state index contributed by atoms with van der Waals surface area (Å²) in [5.41, 5.74) is 1.90. The third-order valence-corrected chi connectivity index (χ3v) is 8.58. The molecule has 1 aliphatic rings. The Hall–Kier alpha value is -4.38. The Bertz CT molecular complexity index is 1860. The van der Waals surface area contributed by atoms with Gasteiger partial charge in [0.15, 0.2) is 5.65 Å². The molecule has 0 radical (unpaired) electrons. The number of halogens is 2. The number of amides is 1. The zero-order valence-corrected chi connectivity index (χ0v) is 28.3. The van der Waals surface area contributed by atoms with Gasteiger partial charge in [0.1, 0.15) is 11.6 Å². The van der Waals surface area contributed by atoms with Crippen LogP contribution in [0.1, 0.15) is 64.8 Å². The summed E-state index contributed by atoms with van der Waals surface area (Å²) in [6.45, 7) is 16.4. The van der Waals surface area contributed by atoms with E-state index in [2.05, 4.69) is 11.6 Å². The fraction of sp³-hybridized carbons (Fsp3) is 0.412. The molecule has 0 bridgehead atoms. The van der Waals surface area contributed by atoms with Gasteiger partial charge in [-0.15, -0.1) is 0 Å². The van der Waals surface area contributed by atoms with Gasteiger partial charge in [-0.2, -0.15) is 4.98 Å². The van der Waals surface area contributed by atoms with Crippen LogP contribution in [0.2, 0.25) is 5.02 Å². The maximum absolute atomic E-state index is 15.2. The van der Waals surface area contributed by atoms with Crippen molar-refractivity contribution >= 4 is 40.3 Å². The highest BCUT2D eigenvalue weighted by Crippen LogP contribution is 2.37. The SMILES string of the molecule is C=CC(=O)N1C[C@H](C)N(c2nc(=O)n(-c3c(C(C)C)nc(N(C)C)nc3C(C)C)c3nc(-c4ccccc4F)c(Cl)cc23)C[C@H]1C. The highest BCUT2D eigenvalue weighted by atomic mass is 35.5. The van der Waals surface area contributed by atoms with E-state index >= 15 is 4.39 Å². The van der Waals surface area contributed by atoms with E-state index in [9.17, 15) is 9.59 Å². The second kappa shape index (κ2) is 12.8. The number of hydrogen-bond acceptors (Lipinski definition) is 8. The third kappa shape index (κ3) is 5.84. The van der Waals surface area contributed by atoms with Gasteiger partial charge < -0.3 is 14.7 Å². The molecule has 0 saturated carbocycles. The molecule has 242 valence electrons. The van der Waals surface area contributed by atoms with Crippen LogP contribution in [0, 0.1) is 5.82 Å². The minimum atomic E-state index is -0.578. The molecule has 0 spiro atoms. The summed E-state index contributed by atoms with van der Waals surface area (Å²) in [6, 6.07) is 7.57. The number of carbonyl (C=O) groups is 1. The molecule has 10 nitrogen and oxygen atoms in total. The minimum Gasteiger partial charge on any atom is -0.349 e. The predicted molar refractivity (Wildman–Crippen MR) is 182 cm³/mol. The van der Waals surface area contributed by atoms with Crippen LogP contribution in [-0.2, 0) is 4.79 Å². The van der Waals surface area contributed by atoms with E-state index in [1.807, 2.05) is 65.4 Å². The lowest BCUT2D eigenvalue weighted by Crippen LogP contribution is -2.58. The summed E-state index contributed by atoms with van der Waals surface area (Å²) in [4.78, 5) is 51.9. The van der Waals surface area contributed by atoms with Gasteiger partial charge in [-0.05, 0) is 50.0 Å². The lowest BCUT2D eigenvalue weighted by molar-refractivity contribution is -0.128. The van der Waals surface area contributed by atoms with Crippen LogP contribution in [0.4, 0.5) is 16.2 Å². The molecular formula is C34H40ClFN8O2. The lowest BCUT2D eigenvalue weighted by atomic mass is 10.0. The summed E-state index contributed by atoms with van der Waals surface area (Å²) < 4.78 is 16.6. The number of carbonyl (C=O) groups excluding carboxylic acids is 1.